The highest BCUT2D eigenvalue weighted by Gasteiger charge is 2.15. The smallest absolute Gasteiger partial charge is 0.159 e. The molecule has 0 spiro atoms. The molecule has 0 aliphatic carbocycles. The van der Waals surface area contributed by atoms with Gasteiger partial charge in [-0.25, -0.2) is 18.7 Å². The maximum Gasteiger partial charge on any atom is 0.159 e. The SMILES string of the molecule is CCCCCCCCCCCc1cnc(-c2ccc(OCCC(F)CC(F)CCCC)cc2)nc1. The van der Waals surface area contributed by atoms with Crippen molar-refractivity contribution < 1.29 is 13.5 Å². The first-order chi connectivity index (χ1) is 17.1. The molecule has 0 amide bonds. The van der Waals surface area contributed by atoms with Gasteiger partial charge in [-0.05, 0) is 49.1 Å². The van der Waals surface area contributed by atoms with Crippen LogP contribution in [0.25, 0.3) is 11.4 Å². The second kappa shape index (κ2) is 18.3. The Kier molecular flexibility index (Phi) is 15.2. The minimum Gasteiger partial charge on any atom is -0.493 e. The molecular formula is C30H46F2N2O. The van der Waals surface area contributed by atoms with Gasteiger partial charge in [-0.2, -0.15) is 0 Å². The molecule has 1 heterocycles. The quantitative estimate of drug-likeness (QED) is 0.174. The number of hydrogen-bond donors (Lipinski definition) is 0. The first-order valence-corrected chi connectivity index (χ1v) is 13.9. The van der Waals surface area contributed by atoms with Crippen molar-refractivity contribution in [1.29, 1.82) is 0 Å². The maximum atomic E-state index is 13.9. The van der Waals surface area contributed by atoms with Gasteiger partial charge in [0, 0.05) is 30.8 Å². The van der Waals surface area contributed by atoms with Crippen LogP contribution in [-0.4, -0.2) is 28.9 Å². The Balaban J connectivity index is 1.64. The fourth-order valence-corrected chi connectivity index (χ4v) is 4.22. The van der Waals surface area contributed by atoms with E-state index in [2.05, 4.69) is 16.9 Å². The summed E-state index contributed by atoms with van der Waals surface area (Å²) in [5.41, 5.74) is 2.11. The van der Waals surface area contributed by atoms with Crippen LogP contribution in [0, 0.1) is 0 Å². The lowest BCUT2D eigenvalue weighted by molar-refractivity contribution is 0.175. The Hall–Kier alpha value is -2.04. The summed E-state index contributed by atoms with van der Waals surface area (Å²) in [6.45, 7) is 4.51. The fourth-order valence-electron chi connectivity index (χ4n) is 4.22. The number of alkyl halides is 2. The molecule has 1 aromatic heterocycles. The van der Waals surface area contributed by atoms with Gasteiger partial charge in [0.1, 0.15) is 18.1 Å². The number of ether oxygens (including phenoxy) is 1. The summed E-state index contributed by atoms with van der Waals surface area (Å²) >= 11 is 0. The number of hydrogen-bond acceptors (Lipinski definition) is 3. The Bertz CT molecular complexity index is 767. The number of rotatable bonds is 20. The van der Waals surface area contributed by atoms with E-state index in [0.29, 0.717) is 18.0 Å². The minimum absolute atomic E-state index is 0.0330. The van der Waals surface area contributed by atoms with Crippen LogP contribution in [0.2, 0.25) is 0 Å². The third-order valence-corrected chi connectivity index (χ3v) is 6.47. The fraction of sp³-hybridized carbons (Fsp3) is 0.667. The lowest BCUT2D eigenvalue weighted by Gasteiger charge is -2.13. The summed E-state index contributed by atoms with van der Waals surface area (Å²) < 4.78 is 33.3. The molecule has 0 N–H and O–H groups in total. The maximum absolute atomic E-state index is 13.9. The standard InChI is InChI=1S/C30H46F2N2O/c1-3-5-7-8-9-10-11-12-13-14-25-23-33-30(34-24-25)26-16-18-29(19-17-26)35-21-20-28(32)22-27(31)15-6-4-2/h16-19,23-24,27-28H,3-15,20-22H2,1-2H3. The summed E-state index contributed by atoms with van der Waals surface area (Å²) in [7, 11) is 0. The molecule has 2 rings (SSSR count). The van der Waals surface area contributed by atoms with E-state index in [9.17, 15) is 8.78 Å². The van der Waals surface area contributed by atoms with Crippen molar-refractivity contribution in [1.82, 2.24) is 9.97 Å². The van der Waals surface area contributed by atoms with Gasteiger partial charge in [0.05, 0.1) is 6.61 Å². The van der Waals surface area contributed by atoms with Crippen LogP contribution in [-0.2, 0) is 6.42 Å². The molecule has 0 fully saturated rings. The topological polar surface area (TPSA) is 35.0 Å². The van der Waals surface area contributed by atoms with E-state index in [0.717, 1.165) is 24.8 Å². The lowest BCUT2D eigenvalue weighted by atomic mass is 10.1. The van der Waals surface area contributed by atoms with Crippen molar-refractivity contribution in [3.8, 4) is 17.1 Å². The molecule has 0 saturated carbocycles. The molecule has 0 bridgehead atoms. The first kappa shape index (κ1) is 29.2. The number of benzene rings is 1. The second-order valence-corrected chi connectivity index (χ2v) is 9.73. The molecule has 0 aliphatic heterocycles. The summed E-state index contributed by atoms with van der Waals surface area (Å²) in [4.78, 5) is 9.07. The predicted octanol–water partition coefficient (Wildman–Crippen LogP) is 9.24. The van der Waals surface area contributed by atoms with Crippen molar-refractivity contribution in [2.45, 2.75) is 123 Å². The van der Waals surface area contributed by atoms with Crippen molar-refractivity contribution in [2.75, 3.05) is 6.61 Å². The predicted molar refractivity (Wildman–Crippen MR) is 142 cm³/mol. The van der Waals surface area contributed by atoms with Gasteiger partial charge < -0.3 is 4.74 Å². The Morgan fingerprint density at radius 1 is 0.714 bits per heavy atom. The monoisotopic (exact) mass is 488 g/mol. The average molecular weight is 489 g/mol. The van der Waals surface area contributed by atoms with Crippen LogP contribution >= 0.6 is 0 Å². The number of unbranched alkanes of at least 4 members (excludes halogenated alkanes) is 9. The van der Waals surface area contributed by atoms with E-state index in [1.165, 1.54) is 63.4 Å². The second-order valence-electron chi connectivity index (χ2n) is 9.73. The Labute approximate surface area is 212 Å². The van der Waals surface area contributed by atoms with Gasteiger partial charge >= 0.3 is 0 Å². The molecule has 0 radical (unpaired) electrons. The minimum atomic E-state index is -1.16. The molecule has 2 aromatic rings. The average Bonchev–Trinajstić information content (AvgIpc) is 2.87. The summed E-state index contributed by atoms with van der Waals surface area (Å²) in [5.74, 6) is 1.36. The van der Waals surface area contributed by atoms with E-state index in [1.807, 2.05) is 43.6 Å². The number of nitrogens with zero attached hydrogens (tertiary/aromatic N) is 2. The van der Waals surface area contributed by atoms with Crippen LogP contribution in [0.1, 0.15) is 109 Å². The van der Waals surface area contributed by atoms with Crippen LogP contribution in [0.5, 0.6) is 5.75 Å². The highest BCUT2D eigenvalue weighted by molar-refractivity contribution is 5.55. The van der Waals surface area contributed by atoms with Gasteiger partial charge in [0.25, 0.3) is 0 Å². The van der Waals surface area contributed by atoms with Crippen LogP contribution in [0.3, 0.4) is 0 Å². The third-order valence-electron chi connectivity index (χ3n) is 6.47. The highest BCUT2D eigenvalue weighted by atomic mass is 19.1. The molecule has 3 nitrogen and oxygen atoms in total. The van der Waals surface area contributed by atoms with E-state index in [1.54, 1.807) is 0 Å². The summed E-state index contributed by atoms with van der Waals surface area (Å²) in [6, 6.07) is 7.53. The van der Waals surface area contributed by atoms with Gasteiger partial charge in [0.2, 0.25) is 0 Å². The largest absolute Gasteiger partial charge is 0.493 e. The zero-order valence-electron chi connectivity index (χ0n) is 22.0. The molecular weight excluding hydrogens is 442 g/mol. The van der Waals surface area contributed by atoms with Crippen molar-refractivity contribution >= 4 is 0 Å². The van der Waals surface area contributed by atoms with Gasteiger partial charge in [-0.15, -0.1) is 0 Å². The molecule has 0 saturated heterocycles. The molecule has 2 atom stereocenters. The highest BCUT2D eigenvalue weighted by Crippen LogP contribution is 2.21. The Morgan fingerprint density at radius 3 is 1.91 bits per heavy atom. The Morgan fingerprint density at radius 2 is 1.29 bits per heavy atom. The number of aromatic nitrogens is 2. The number of halogens is 2. The zero-order chi connectivity index (χ0) is 25.1. The van der Waals surface area contributed by atoms with Crippen molar-refractivity contribution in [2.24, 2.45) is 0 Å². The first-order valence-electron chi connectivity index (χ1n) is 13.9. The number of aryl methyl sites for hydroxylation is 1. The summed E-state index contributed by atoms with van der Waals surface area (Å²) in [6.07, 6.45) is 17.0. The molecule has 2 unspecified atom stereocenters. The molecule has 5 heteroatoms. The van der Waals surface area contributed by atoms with Crippen LogP contribution < -0.4 is 4.74 Å². The van der Waals surface area contributed by atoms with Gasteiger partial charge in [-0.1, -0.05) is 78.1 Å². The molecule has 1 aromatic carbocycles. The molecule has 196 valence electrons. The van der Waals surface area contributed by atoms with E-state index in [4.69, 9.17) is 4.74 Å². The summed E-state index contributed by atoms with van der Waals surface area (Å²) in [5, 5.41) is 0. The zero-order valence-corrected chi connectivity index (χ0v) is 22.0. The van der Waals surface area contributed by atoms with Crippen LogP contribution in [0.4, 0.5) is 8.78 Å². The van der Waals surface area contributed by atoms with Gasteiger partial charge in [0.15, 0.2) is 5.82 Å². The van der Waals surface area contributed by atoms with E-state index >= 15 is 0 Å². The molecule has 0 aliphatic rings. The van der Waals surface area contributed by atoms with E-state index in [-0.39, 0.29) is 19.4 Å². The van der Waals surface area contributed by atoms with Crippen molar-refractivity contribution in [3.05, 3.63) is 42.2 Å². The normalized spacial score (nSPS) is 13.0. The lowest BCUT2D eigenvalue weighted by Crippen LogP contribution is -2.13. The van der Waals surface area contributed by atoms with Gasteiger partial charge in [-0.3, -0.25) is 0 Å². The van der Waals surface area contributed by atoms with E-state index < -0.39 is 12.3 Å². The van der Waals surface area contributed by atoms with Crippen molar-refractivity contribution in [3.63, 3.8) is 0 Å². The molecule has 35 heavy (non-hydrogen) atoms. The van der Waals surface area contributed by atoms with Crippen LogP contribution in [0.15, 0.2) is 36.7 Å². The third kappa shape index (κ3) is 13.0.